The standard InChI is InChI=1S/C28H30N2O6/c1-17(10-11-18-12-13-30-23(29)14-18)19(16-31)15-27-24(32)21-8-4-5-9-22(21)25(33)28(27,36-27)26(34)35-20-6-2-3-7-20/h4-5,8-9,12-14,20,31H,2-3,6-7,10-11,15-16H2,1H3,(H2,29,30)/b19-17-/t27-,28-/m0/s1. The number of benzene rings is 1. The Morgan fingerprint density at radius 2 is 1.86 bits per heavy atom. The maximum absolute atomic E-state index is 13.8. The van der Waals surface area contributed by atoms with Gasteiger partial charge in [0.15, 0.2) is 11.4 Å². The molecular formula is C28H30N2O6. The van der Waals surface area contributed by atoms with Gasteiger partial charge in [0, 0.05) is 23.7 Å². The van der Waals surface area contributed by atoms with E-state index in [1.54, 1.807) is 36.5 Å². The number of rotatable bonds is 8. The van der Waals surface area contributed by atoms with Crippen LogP contribution in [-0.2, 0) is 20.7 Å². The molecule has 3 N–H and O–H groups in total. The van der Waals surface area contributed by atoms with Gasteiger partial charge >= 0.3 is 5.97 Å². The van der Waals surface area contributed by atoms with Crippen LogP contribution in [0.15, 0.2) is 53.7 Å². The van der Waals surface area contributed by atoms with Gasteiger partial charge < -0.3 is 20.3 Å². The van der Waals surface area contributed by atoms with Crippen LogP contribution >= 0.6 is 0 Å². The fourth-order valence-electron chi connectivity index (χ4n) is 5.54. The average Bonchev–Trinajstić information content (AvgIpc) is 3.32. The second kappa shape index (κ2) is 9.26. The topological polar surface area (TPSA) is 132 Å². The Bertz CT molecular complexity index is 1260. The summed E-state index contributed by atoms with van der Waals surface area (Å²) in [5.74, 6) is -1.36. The molecule has 8 heteroatoms. The van der Waals surface area contributed by atoms with Crippen molar-refractivity contribution in [1.82, 2.24) is 4.98 Å². The summed E-state index contributed by atoms with van der Waals surface area (Å²) in [6.45, 7) is 1.54. The van der Waals surface area contributed by atoms with Crippen LogP contribution in [0.1, 0.15) is 71.7 Å². The number of nitrogens with zero attached hydrogens (tertiary/aromatic N) is 1. The number of carbonyl (C=O) groups is 3. The van der Waals surface area contributed by atoms with Crippen molar-refractivity contribution in [2.24, 2.45) is 0 Å². The molecule has 2 aromatic rings. The quantitative estimate of drug-likeness (QED) is 0.249. The predicted octanol–water partition coefficient (Wildman–Crippen LogP) is 3.37. The molecule has 1 aromatic carbocycles. The molecular weight excluding hydrogens is 460 g/mol. The first kappa shape index (κ1) is 24.3. The molecule has 0 spiro atoms. The first-order valence-corrected chi connectivity index (χ1v) is 12.4. The molecule has 1 aromatic heterocycles. The fourth-order valence-corrected chi connectivity index (χ4v) is 5.54. The van der Waals surface area contributed by atoms with Crippen LogP contribution < -0.4 is 5.73 Å². The zero-order valence-corrected chi connectivity index (χ0v) is 20.3. The van der Waals surface area contributed by atoms with Crippen LogP contribution in [0.5, 0.6) is 0 Å². The molecule has 5 rings (SSSR count). The zero-order chi connectivity index (χ0) is 25.5. The highest BCUT2D eigenvalue weighted by Crippen LogP contribution is 2.59. The number of allylic oxidation sites excluding steroid dienone is 1. The van der Waals surface area contributed by atoms with Gasteiger partial charge in [-0.2, -0.15) is 0 Å². The van der Waals surface area contributed by atoms with Gasteiger partial charge in [0.25, 0.3) is 5.60 Å². The molecule has 8 nitrogen and oxygen atoms in total. The maximum atomic E-state index is 13.8. The van der Waals surface area contributed by atoms with Crippen molar-refractivity contribution in [2.75, 3.05) is 12.3 Å². The van der Waals surface area contributed by atoms with Crippen molar-refractivity contribution in [3.8, 4) is 0 Å². The third-order valence-corrected chi connectivity index (χ3v) is 7.71. The molecule has 188 valence electrons. The number of nitrogen functional groups attached to an aromatic ring is 1. The molecule has 0 amide bonds. The number of ether oxygens (including phenoxy) is 2. The zero-order valence-electron chi connectivity index (χ0n) is 20.3. The summed E-state index contributed by atoms with van der Waals surface area (Å²) >= 11 is 0. The van der Waals surface area contributed by atoms with Crippen molar-refractivity contribution < 1.29 is 29.0 Å². The van der Waals surface area contributed by atoms with E-state index in [9.17, 15) is 19.5 Å². The van der Waals surface area contributed by atoms with Gasteiger partial charge in [-0.05, 0) is 68.7 Å². The lowest BCUT2D eigenvalue weighted by Gasteiger charge is -2.26. The number of epoxide rings is 1. The summed E-state index contributed by atoms with van der Waals surface area (Å²) in [4.78, 5) is 44.9. The minimum Gasteiger partial charge on any atom is -0.460 e. The lowest BCUT2D eigenvalue weighted by Crippen LogP contribution is -2.51. The average molecular weight is 491 g/mol. The van der Waals surface area contributed by atoms with E-state index in [0.29, 0.717) is 24.2 Å². The summed E-state index contributed by atoms with van der Waals surface area (Å²) in [5, 5.41) is 10.2. The van der Waals surface area contributed by atoms with E-state index in [1.165, 1.54) is 0 Å². The Kier molecular flexibility index (Phi) is 6.26. The van der Waals surface area contributed by atoms with Crippen LogP contribution in [0, 0.1) is 0 Å². The van der Waals surface area contributed by atoms with E-state index in [2.05, 4.69) is 4.98 Å². The van der Waals surface area contributed by atoms with Crippen molar-refractivity contribution >= 4 is 23.4 Å². The van der Waals surface area contributed by atoms with Crippen molar-refractivity contribution in [1.29, 1.82) is 0 Å². The van der Waals surface area contributed by atoms with Gasteiger partial charge in [0.05, 0.1) is 6.61 Å². The van der Waals surface area contributed by atoms with E-state index in [1.807, 2.05) is 13.0 Å². The van der Waals surface area contributed by atoms with E-state index in [-0.39, 0.29) is 30.3 Å². The first-order chi connectivity index (χ1) is 17.3. The molecule has 2 atom stereocenters. The Morgan fingerprint density at radius 1 is 1.17 bits per heavy atom. The highest BCUT2D eigenvalue weighted by atomic mass is 16.7. The molecule has 0 bridgehead atoms. The number of aryl methyl sites for hydroxylation is 1. The highest BCUT2D eigenvalue weighted by molar-refractivity contribution is 6.32. The third kappa shape index (κ3) is 3.85. The number of esters is 1. The van der Waals surface area contributed by atoms with Gasteiger partial charge in [-0.1, -0.05) is 29.8 Å². The number of aliphatic hydroxyl groups excluding tert-OH is 1. The monoisotopic (exact) mass is 490 g/mol. The Balaban J connectivity index is 1.47. The minimum atomic E-state index is -2.01. The second-order valence-electron chi connectivity index (χ2n) is 9.93. The van der Waals surface area contributed by atoms with Crippen molar-refractivity contribution in [3.05, 3.63) is 70.4 Å². The smallest absolute Gasteiger partial charge is 0.350 e. The second-order valence-corrected chi connectivity index (χ2v) is 9.93. The molecule has 36 heavy (non-hydrogen) atoms. The van der Waals surface area contributed by atoms with Crippen LogP contribution in [-0.4, -0.2) is 51.5 Å². The van der Waals surface area contributed by atoms with E-state index < -0.39 is 28.7 Å². The maximum Gasteiger partial charge on any atom is 0.350 e. The largest absolute Gasteiger partial charge is 0.460 e. The first-order valence-electron chi connectivity index (χ1n) is 12.4. The summed E-state index contributed by atoms with van der Waals surface area (Å²) in [6.07, 6.45) is 5.90. The summed E-state index contributed by atoms with van der Waals surface area (Å²) in [6, 6.07) is 10.1. The molecule has 1 saturated carbocycles. The number of hydrogen-bond donors (Lipinski definition) is 2. The lowest BCUT2D eigenvalue weighted by molar-refractivity contribution is -0.153. The van der Waals surface area contributed by atoms with Gasteiger partial charge in [0.1, 0.15) is 11.9 Å². The van der Waals surface area contributed by atoms with Crippen molar-refractivity contribution in [3.63, 3.8) is 0 Å². The summed E-state index contributed by atoms with van der Waals surface area (Å²) in [7, 11) is 0. The van der Waals surface area contributed by atoms with Crippen LogP contribution in [0.25, 0.3) is 0 Å². The number of nitrogens with two attached hydrogens (primary N) is 1. The van der Waals surface area contributed by atoms with E-state index in [4.69, 9.17) is 15.2 Å². The van der Waals surface area contributed by atoms with Gasteiger partial charge in [-0.25, -0.2) is 9.78 Å². The number of carbonyl (C=O) groups excluding carboxylic acids is 3. The number of fused-ring (bicyclic) bond motifs is 2. The SMILES string of the molecule is C/C(CCc1ccnc(N)c1)=C(/CO)C[C@@]12O[C@]1(C(=O)OC1CCCC1)C(=O)c1ccccc1C2=O. The Labute approximate surface area is 209 Å². The van der Waals surface area contributed by atoms with Gasteiger partial charge in [-0.15, -0.1) is 0 Å². The van der Waals surface area contributed by atoms with Crippen LogP contribution in [0.2, 0.25) is 0 Å². The molecule has 2 aliphatic carbocycles. The minimum absolute atomic E-state index is 0.0630. The predicted molar refractivity (Wildman–Crippen MR) is 131 cm³/mol. The normalized spacial score (nSPS) is 25.7. The highest BCUT2D eigenvalue weighted by Gasteiger charge is 2.85. The number of aliphatic hydroxyl groups is 1. The van der Waals surface area contributed by atoms with Crippen molar-refractivity contribution in [2.45, 2.75) is 69.2 Å². The molecule has 2 heterocycles. The number of Topliss-reactive ketones (excluding diaryl/α,β-unsaturated/α-hetero) is 2. The number of hydrogen-bond acceptors (Lipinski definition) is 8. The molecule has 0 radical (unpaired) electrons. The number of pyridine rings is 1. The van der Waals surface area contributed by atoms with Gasteiger partial charge in [0.2, 0.25) is 5.78 Å². The molecule has 1 aliphatic heterocycles. The summed E-state index contributed by atoms with van der Waals surface area (Å²) < 4.78 is 11.7. The van der Waals surface area contributed by atoms with Crippen LogP contribution in [0.4, 0.5) is 5.82 Å². The third-order valence-electron chi connectivity index (χ3n) is 7.71. The molecule has 3 aliphatic rings. The summed E-state index contributed by atoms with van der Waals surface area (Å²) in [5.41, 5.74) is 4.85. The molecule has 2 fully saturated rings. The molecule has 1 saturated heterocycles. The van der Waals surface area contributed by atoms with Gasteiger partial charge in [-0.3, -0.25) is 9.59 Å². The molecule has 0 unspecified atom stereocenters. The Hall–Kier alpha value is -3.36. The number of anilines is 1. The Morgan fingerprint density at radius 3 is 2.53 bits per heavy atom. The van der Waals surface area contributed by atoms with E-state index in [0.717, 1.165) is 36.8 Å². The fraction of sp³-hybridized carbons (Fsp3) is 0.429. The lowest BCUT2D eigenvalue weighted by atomic mass is 9.71. The number of aromatic nitrogens is 1. The van der Waals surface area contributed by atoms with Crippen LogP contribution in [0.3, 0.4) is 0 Å². The van der Waals surface area contributed by atoms with E-state index >= 15 is 0 Å². The number of ketones is 2.